The van der Waals surface area contributed by atoms with Gasteiger partial charge in [-0.2, -0.15) is 4.68 Å². The standard InChI is InChI=1S/C24H23N5O2/c1-17-26-27-28-29(17)21-13-11-18(12-14-21)15-23(30)25-24(19-7-4-3-5-8-19)20-9-6-10-22(16-20)31-2/h3-14,16,24H,15H2,1-2H3,(H,25,30)/t24-/m1/s1. The van der Waals surface area contributed by atoms with Crippen LogP contribution in [0.1, 0.15) is 28.6 Å². The first kappa shape index (κ1) is 20.3. The van der Waals surface area contributed by atoms with Crippen LogP contribution in [0.4, 0.5) is 0 Å². The molecule has 4 rings (SSSR count). The third-order valence-corrected chi connectivity index (χ3v) is 5.04. The van der Waals surface area contributed by atoms with Gasteiger partial charge in [-0.05, 0) is 58.3 Å². The molecule has 7 nitrogen and oxygen atoms in total. The van der Waals surface area contributed by atoms with E-state index in [1.165, 1.54) is 0 Å². The van der Waals surface area contributed by atoms with Gasteiger partial charge in [0.2, 0.25) is 5.91 Å². The van der Waals surface area contributed by atoms with E-state index in [9.17, 15) is 4.79 Å². The first-order chi connectivity index (χ1) is 15.1. The lowest BCUT2D eigenvalue weighted by atomic mass is 9.98. The van der Waals surface area contributed by atoms with Gasteiger partial charge in [-0.3, -0.25) is 4.79 Å². The number of hydrogen-bond donors (Lipinski definition) is 1. The highest BCUT2D eigenvalue weighted by atomic mass is 16.5. The van der Waals surface area contributed by atoms with Crippen LogP contribution >= 0.6 is 0 Å². The molecule has 0 spiro atoms. The van der Waals surface area contributed by atoms with Crippen molar-refractivity contribution >= 4 is 5.91 Å². The molecule has 7 heteroatoms. The van der Waals surface area contributed by atoms with Crippen LogP contribution in [0.2, 0.25) is 0 Å². The van der Waals surface area contributed by atoms with Gasteiger partial charge in [0.1, 0.15) is 5.75 Å². The van der Waals surface area contributed by atoms with Gasteiger partial charge < -0.3 is 10.1 Å². The van der Waals surface area contributed by atoms with Crippen LogP contribution in [-0.4, -0.2) is 33.2 Å². The van der Waals surface area contributed by atoms with Crippen molar-refractivity contribution in [2.45, 2.75) is 19.4 Å². The third kappa shape index (κ3) is 4.78. The van der Waals surface area contributed by atoms with Gasteiger partial charge in [-0.25, -0.2) is 0 Å². The van der Waals surface area contributed by atoms with Gasteiger partial charge in [0.15, 0.2) is 5.82 Å². The summed E-state index contributed by atoms with van der Waals surface area (Å²) >= 11 is 0. The summed E-state index contributed by atoms with van der Waals surface area (Å²) in [6, 6.07) is 25.0. The molecule has 0 saturated heterocycles. The van der Waals surface area contributed by atoms with Crippen LogP contribution in [0.15, 0.2) is 78.9 Å². The van der Waals surface area contributed by atoms with Crippen molar-refractivity contribution in [3.8, 4) is 11.4 Å². The Hall–Kier alpha value is -4.00. The third-order valence-electron chi connectivity index (χ3n) is 5.04. The fourth-order valence-electron chi connectivity index (χ4n) is 3.45. The molecule has 1 atom stereocenters. The predicted molar refractivity (Wildman–Crippen MR) is 117 cm³/mol. The zero-order valence-corrected chi connectivity index (χ0v) is 17.4. The van der Waals surface area contributed by atoms with E-state index < -0.39 is 0 Å². The molecule has 3 aromatic carbocycles. The van der Waals surface area contributed by atoms with Crippen LogP contribution in [-0.2, 0) is 11.2 Å². The second-order valence-electron chi connectivity index (χ2n) is 7.17. The molecule has 156 valence electrons. The lowest BCUT2D eigenvalue weighted by molar-refractivity contribution is -0.120. The number of methoxy groups -OCH3 is 1. The summed E-state index contributed by atoms with van der Waals surface area (Å²) in [5.74, 6) is 1.39. The van der Waals surface area contributed by atoms with Crippen molar-refractivity contribution in [2.75, 3.05) is 7.11 Å². The normalized spacial score (nSPS) is 11.7. The van der Waals surface area contributed by atoms with Gasteiger partial charge in [-0.15, -0.1) is 5.10 Å². The summed E-state index contributed by atoms with van der Waals surface area (Å²) in [6.45, 7) is 1.84. The van der Waals surface area contributed by atoms with E-state index in [0.29, 0.717) is 5.82 Å². The van der Waals surface area contributed by atoms with E-state index in [1.54, 1.807) is 11.8 Å². The molecule has 1 aromatic heterocycles. The summed E-state index contributed by atoms with van der Waals surface area (Å²) in [5, 5.41) is 14.7. The van der Waals surface area contributed by atoms with E-state index in [2.05, 4.69) is 20.8 Å². The quantitative estimate of drug-likeness (QED) is 0.502. The van der Waals surface area contributed by atoms with Crippen molar-refractivity contribution in [1.82, 2.24) is 25.5 Å². The smallest absolute Gasteiger partial charge is 0.225 e. The van der Waals surface area contributed by atoms with Crippen LogP contribution < -0.4 is 10.1 Å². The molecular formula is C24H23N5O2. The number of aromatic nitrogens is 4. The Kier molecular flexibility index (Phi) is 6.03. The molecule has 0 aliphatic heterocycles. The van der Waals surface area contributed by atoms with Crippen molar-refractivity contribution in [3.63, 3.8) is 0 Å². The van der Waals surface area contributed by atoms with Crippen molar-refractivity contribution < 1.29 is 9.53 Å². The summed E-state index contributed by atoms with van der Waals surface area (Å²) in [6.07, 6.45) is 0.266. The maximum atomic E-state index is 12.9. The zero-order chi connectivity index (χ0) is 21.6. The van der Waals surface area contributed by atoms with E-state index in [0.717, 1.165) is 28.1 Å². The van der Waals surface area contributed by atoms with E-state index in [4.69, 9.17) is 4.74 Å². The van der Waals surface area contributed by atoms with Crippen LogP contribution in [0, 0.1) is 6.92 Å². The van der Waals surface area contributed by atoms with Gasteiger partial charge >= 0.3 is 0 Å². The number of ether oxygens (including phenoxy) is 1. The second kappa shape index (κ2) is 9.21. The molecule has 0 fully saturated rings. The minimum atomic E-state index is -0.271. The monoisotopic (exact) mass is 413 g/mol. The average molecular weight is 413 g/mol. The first-order valence-corrected chi connectivity index (χ1v) is 9.96. The number of aryl methyl sites for hydroxylation is 1. The highest BCUT2D eigenvalue weighted by Crippen LogP contribution is 2.25. The number of tetrazole rings is 1. The number of rotatable bonds is 7. The first-order valence-electron chi connectivity index (χ1n) is 9.96. The number of nitrogens with one attached hydrogen (secondary N) is 1. The number of carbonyl (C=O) groups excluding carboxylic acids is 1. The fraction of sp³-hybridized carbons (Fsp3) is 0.167. The van der Waals surface area contributed by atoms with E-state index in [-0.39, 0.29) is 18.4 Å². The number of hydrogen-bond acceptors (Lipinski definition) is 5. The summed E-state index contributed by atoms with van der Waals surface area (Å²) < 4.78 is 7.01. The minimum absolute atomic E-state index is 0.0666. The number of amides is 1. The van der Waals surface area contributed by atoms with Gasteiger partial charge in [0, 0.05) is 0 Å². The molecule has 0 unspecified atom stereocenters. The Morgan fingerprint density at radius 1 is 1.00 bits per heavy atom. The summed E-state index contributed by atoms with van der Waals surface area (Å²) in [5.41, 5.74) is 3.73. The van der Waals surface area contributed by atoms with Crippen LogP contribution in [0.5, 0.6) is 5.75 Å². The highest BCUT2D eigenvalue weighted by molar-refractivity contribution is 5.79. The number of carbonyl (C=O) groups is 1. The van der Waals surface area contributed by atoms with Gasteiger partial charge in [0.05, 0.1) is 25.3 Å². The molecule has 0 saturated carbocycles. The fourth-order valence-corrected chi connectivity index (χ4v) is 3.45. The Labute approximate surface area is 180 Å². The van der Waals surface area contributed by atoms with Crippen molar-refractivity contribution in [3.05, 3.63) is 101 Å². The Morgan fingerprint density at radius 2 is 1.74 bits per heavy atom. The Morgan fingerprint density at radius 3 is 2.42 bits per heavy atom. The average Bonchev–Trinajstić information content (AvgIpc) is 3.24. The molecule has 0 aliphatic rings. The Balaban J connectivity index is 1.52. The Bertz CT molecular complexity index is 1160. The largest absolute Gasteiger partial charge is 0.497 e. The molecule has 0 bridgehead atoms. The molecule has 0 aliphatic carbocycles. The molecule has 4 aromatic rings. The highest BCUT2D eigenvalue weighted by Gasteiger charge is 2.18. The topological polar surface area (TPSA) is 81.9 Å². The SMILES string of the molecule is COc1cccc([C@H](NC(=O)Cc2ccc(-n3nnnc3C)cc2)c2ccccc2)c1. The van der Waals surface area contributed by atoms with Crippen molar-refractivity contribution in [2.24, 2.45) is 0 Å². The number of benzene rings is 3. The molecule has 1 heterocycles. The molecule has 0 radical (unpaired) electrons. The van der Waals surface area contributed by atoms with Crippen LogP contribution in [0.3, 0.4) is 0 Å². The minimum Gasteiger partial charge on any atom is -0.497 e. The number of nitrogens with zero attached hydrogens (tertiary/aromatic N) is 4. The lowest BCUT2D eigenvalue weighted by Gasteiger charge is -2.20. The second-order valence-corrected chi connectivity index (χ2v) is 7.17. The molecule has 1 amide bonds. The van der Waals surface area contributed by atoms with Crippen molar-refractivity contribution in [1.29, 1.82) is 0 Å². The van der Waals surface area contributed by atoms with E-state index >= 15 is 0 Å². The molecule has 1 N–H and O–H groups in total. The summed E-state index contributed by atoms with van der Waals surface area (Å²) in [7, 11) is 1.63. The lowest BCUT2D eigenvalue weighted by Crippen LogP contribution is -2.30. The maximum absolute atomic E-state index is 12.9. The van der Waals surface area contributed by atoms with E-state index in [1.807, 2.05) is 85.8 Å². The van der Waals surface area contributed by atoms with Crippen LogP contribution in [0.25, 0.3) is 5.69 Å². The molecular weight excluding hydrogens is 390 g/mol. The molecule has 31 heavy (non-hydrogen) atoms. The predicted octanol–water partition coefficient (Wildman–Crippen LogP) is 3.43. The maximum Gasteiger partial charge on any atom is 0.225 e. The zero-order valence-electron chi connectivity index (χ0n) is 17.4. The van der Waals surface area contributed by atoms with Gasteiger partial charge in [-0.1, -0.05) is 54.6 Å². The summed E-state index contributed by atoms with van der Waals surface area (Å²) in [4.78, 5) is 12.9. The van der Waals surface area contributed by atoms with Gasteiger partial charge in [0.25, 0.3) is 0 Å².